The van der Waals surface area contributed by atoms with Crippen molar-refractivity contribution >= 4 is 11.9 Å². The summed E-state index contributed by atoms with van der Waals surface area (Å²) < 4.78 is 0. The van der Waals surface area contributed by atoms with Crippen LogP contribution in [0.3, 0.4) is 0 Å². The molecule has 0 aliphatic heterocycles. The first-order valence-electron chi connectivity index (χ1n) is 4.51. The van der Waals surface area contributed by atoms with Crippen molar-refractivity contribution in [2.45, 2.75) is 31.7 Å². The van der Waals surface area contributed by atoms with Gasteiger partial charge in [0.05, 0.1) is 6.54 Å². The lowest BCUT2D eigenvalue weighted by Crippen LogP contribution is -2.42. The van der Waals surface area contributed by atoms with Crippen LogP contribution in [0.2, 0.25) is 0 Å². The topological polar surface area (TPSA) is 84.2 Å². The van der Waals surface area contributed by atoms with Gasteiger partial charge in [-0.2, -0.15) is 0 Å². The molecule has 5 heteroatoms. The monoisotopic (exact) mass is 185 g/mol. The molecule has 1 aliphatic carbocycles. The minimum Gasteiger partial charge on any atom is -0.351 e. The van der Waals surface area contributed by atoms with E-state index < -0.39 is 6.03 Å². The molecule has 4 N–H and O–H groups in total. The van der Waals surface area contributed by atoms with Crippen LogP contribution in [0, 0.1) is 0 Å². The van der Waals surface area contributed by atoms with Crippen LogP contribution >= 0.6 is 0 Å². The molecule has 0 saturated heterocycles. The Kier molecular flexibility index (Phi) is 3.70. The quantitative estimate of drug-likeness (QED) is 0.565. The molecule has 0 aromatic rings. The molecule has 0 radical (unpaired) electrons. The third-order valence-electron chi connectivity index (χ3n) is 2.17. The summed E-state index contributed by atoms with van der Waals surface area (Å²) in [5.41, 5.74) is 4.78. The Morgan fingerprint density at radius 1 is 1.31 bits per heavy atom. The predicted octanol–water partition coefficient (Wildman–Crippen LogP) is -0.287. The number of carbonyl (C=O) groups excluding carboxylic acids is 2. The minimum atomic E-state index is -0.793. The van der Waals surface area contributed by atoms with Crippen LogP contribution in [0.25, 0.3) is 0 Å². The fourth-order valence-electron chi connectivity index (χ4n) is 1.55. The highest BCUT2D eigenvalue weighted by Gasteiger charge is 2.15. The number of carbonyl (C=O) groups is 2. The number of hydrogen-bond donors (Lipinski definition) is 3. The number of primary amides is 1. The second-order valence-electron chi connectivity index (χ2n) is 3.27. The molecule has 0 aromatic carbocycles. The van der Waals surface area contributed by atoms with E-state index in [-0.39, 0.29) is 12.5 Å². The zero-order chi connectivity index (χ0) is 9.68. The summed E-state index contributed by atoms with van der Waals surface area (Å²) in [6.07, 6.45) is 4.66. The van der Waals surface area contributed by atoms with Crippen molar-refractivity contribution in [3.05, 3.63) is 0 Å². The summed E-state index contributed by atoms with van der Waals surface area (Å²) in [5.74, 6) is -0.362. The highest BCUT2D eigenvalue weighted by atomic mass is 16.2. The summed E-state index contributed by atoms with van der Waals surface area (Å²) in [7, 11) is 0. The number of urea groups is 1. The highest BCUT2D eigenvalue weighted by Crippen LogP contribution is 2.16. The number of imide groups is 1. The van der Waals surface area contributed by atoms with Crippen LogP contribution in [0.1, 0.15) is 25.7 Å². The molecule has 0 heterocycles. The fraction of sp³-hybridized carbons (Fsp3) is 0.750. The van der Waals surface area contributed by atoms with Gasteiger partial charge in [0, 0.05) is 6.04 Å². The molecule has 1 aliphatic rings. The van der Waals surface area contributed by atoms with Crippen molar-refractivity contribution in [1.82, 2.24) is 10.6 Å². The zero-order valence-corrected chi connectivity index (χ0v) is 7.51. The normalized spacial score (nSPS) is 17.2. The molecule has 13 heavy (non-hydrogen) atoms. The second kappa shape index (κ2) is 4.81. The van der Waals surface area contributed by atoms with Gasteiger partial charge in [0.1, 0.15) is 0 Å². The van der Waals surface area contributed by atoms with E-state index in [2.05, 4.69) is 5.32 Å². The minimum absolute atomic E-state index is 0.174. The van der Waals surface area contributed by atoms with Gasteiger partial charge >= 0.3 is 6.03 Å². The lowest BCUT2D eigenvalue weighted by atomic mass is 10.2. The van der Waals surface area contributed by atoms with Gasteiger partial charge in [0.2, 0.25) is 5.91 Å². The summed E-state index contributed by atoms with van der Waals surface area (Å²) >= 11 is 0. The average molecular weight is 185 g/mol. The molecular weight excluding hydrogens is 170 g/mol. The molecule has 0 atom stereocenters. The molecule has 5 nitrogen and oxygen atoms in total. The van der Waals surface area contributed by atoms with E-state index in [1.54, 1.807) is 0 Å². The fourth-order valence-corrected chi connectivity index (χ4v) is 1.55. The maximum absolute atomic E-state index is 10.9. The molecule has 1 saturated carbocycles. The zero-order valence-electron chi connectivity index (χ0n) is 7.51. The van der Waals surface area contributed by atoms with E-state index in [4.69, 9.17) is 5.73 Å². The Bertz CT molecular complexity index is 200. The van der Waals surface area contributed by atoms with Crippen molar-refractivity contribution in [2.75, 3.05) is 6.54 Å². The van der Waals surface area contributed by atoms with Crippen LogP contribution in [0.15, 0.2) is 0 Å². The maximum Gasteiger partial charge on any atom is 0.318 e. The van der Waals surface area contributed by atoms with E-state index in [9.17, 15) is 9.59 Å². The summed E-state index contributed by atoms with van der Waals surface area (Å²) in [6.45, 7) is 0.174. The Hall–Kier alpha value is -1.10. The molecule has 0 bridgehead atoms. The number of nitrogens with one attached hydrogen (secondary N) is 2. The Morgan fingerprint density at radius 2 is 1.92 bits per heavy atom. The molecule has 0 unspecified atom stereocenters. The molecule has 74 valence electrons. The van der Waals surface area contributed by atoms with E-state index in [1.165, 1.54) is 12.8 Å². The molecular formula is C8H15N3O2. The lowest BCUT2D eigenvalue weighted by Gasteiger charge is -2.10. The number of hydrogen-bond acceptors (Lipinski definition) is 3. The first-order valence-corrected chi connectivity index (χ1v) is 4.51. The van der Waals surface area contributed by atoms with Gasteiger partial charge in [0.25, 0.3) is 0 Å². The third-order valence-corrected chi connectivity index (χ3v) is 2.17. The predicted molar refractivity (Wildman–Crippen MR) is 48.0 cm³/mol. The van der Waals surface area contributed by atoms with E-state index in [1.807, 2.05) is 5.32 Å². The van der Waals surface area contributed by atoms with Crippen molar-refractivity contribution < 1.29 is 9.59 Å². The Morgan fingerprint density at radius 3 is 2.46 bits per heavy atom. The van der Waals surface area contributed by atoms with Crippen molar-refractivity contribution in [1.29, 1.82) is 0 Å². The first kappa shape index (κ1) is 9.98. The summed E-state index contributed by atoms with van der Waals surface area (Å²) in [6, 6.07) is -0.364. The van der Waals surface area contributed by atoms with Crippen molar-refractivity contribution in [2.24, 2.45) is 5.73 Å². The smallest absolute Gasteiger partial charge is 0.318 e. The summed E-state index contributed by atoms with van der Waals surface area (Å²) in [5, 5.41) is 5.07. The molecule has 0 spiro atoms. The number of amides is 3. The van der Waals surface area contributed by atoms with Gasteiger partial charge in [-0.25, -0.2) is 4.79 Å². The largest absolute Gasteiger partial charge is 0.351 e. The Labute approximate surface area is 77.1 Å². The molecule has 0 aromatic heterocycles. The van der Waals surface area contributed by atoms with Gasteiger partial charge in [-0.3, -0.25) is 10.1 Å². The summed E-state index contributed by atoms with van der Waals surface area (Å²) in [4.78, 5) is 21.2. The number of nitrogens with two attached hydrogens (primary N) is 1. The van der Waals surface area contributed by atoms with Gasteiger partial charge in [-0.15, -0.1) is 0 Å². The van der Waals surface area contributed by atoms with Crippen LogP contribution < -0.4 is 16.4 Å². The number of rotatable bonds is 3. The van der Waals surface area contributed by atoms with Crippen molar-refractivity contribution in [3.63, 3.8) is 0 Å². The molecule has 3 amide bonds. The van der Waals surface area contributed by atoms with Gasteiger partial charge in [-0.1, -0.05) is 12.8 Å². The van der Waals surface area contributed by atoms with Crippen LogP contribution in [-0.4, -0.2) is 24.5 Å². The van der Waals surface area contributed by atoms with E-state index in [0.29, 0.717) is 6.04 Å². The SMILES string of the molecule is NC(=O)NC(=O)CNC1CCCC1. The van der Waals surface area contributed by atoms with E-state index in [0.717, 1.165) is 12.8 Å². The highest BCUT2D eigenvalue weighted by molar-refractivity contribution is 5.94. The standard InChI is InChI=1S/C8H15N3O2/c9-8(13)11-7(12)5-10-6-3-1-2-4-6/h6,10H,1-5H2,(H3,9,11,12,13). The maximum atomic E-state index is 10.9. The van der Waals surface area contributed by atoms with Crippen LogP contribution in [-0.2, 0) is 4.79 Å². The third kappa shape index (κ3) is 3.89. The van der Waals surface area contributed by atoms with Gasteiger partial charge < -0.3 is 11.1 Å². The van der Waals surface area contributed by atoms with Crippen molar-refractivity contribution in [3.8, 4) is 0 Å². The lowest BCUT2D eigenvalue weighted by molar-refractivity contribution is -0.119. The van der Waals surface area contributed by atoms with E-state index >= 15 is 0 Å². The molecule has 1 rings (SSSR count). The molecule has 1 fully saturated rings. The Balaban J connectivity index is 2.10. The van der Waals surface area contributed by atoms with Crippen LogP contribution in [0.5, 0.6) is 0 Å². The average Bonchev–Trinajstić information content (AvgIpc) is 2.51. The van der Waals surface area contributed by atoms with Crippen LogP contribution in [0.4, 0.5) is 4.79 Å². The second-order valence-corrected chi connectivity index (χ2v) is 3.27. The van der Waals surface area contributed by atoms with Gasteiger partial charge in [-0.05, 0) is 12.8 Å². The van der Waals surface area contributed by atoms with Gasteiger partial charge in [0.15, 0.2) is 0 Å². The first-order chi connectivity index (χ1) is 6.18.